The minimum atomic E-state index is -0.119. The second kappa shape index (κ2) is 6.09. The van der Waals surface area contributed by atoms with Crippen LogP contribution in [0.15, 0.2) is 24.3 Å². The summed E-state index contributed by atoms with van der Waals surface area (Å²) < 4.78 is 12.9. The second-order valence-electron chi connectivity index (χ2n) is 4.05. The molecular weight excluding hydrogens is 213 g/mol. The zero-order chi connectivity index (χ0) is 9.80. The van der Waals surface area contributed by atoms with Crippen LogP contribution in [0.2, 0.25) is 0 Å². The number of rotatable bonds is 2. The smallest absolute Gasteiger partial charge is 0.123 e. The summed E-state index contributed by atoms with van der Waals surface area (Å²) in [7, 11) is 0. The number of piperidine rings is 1. The van der Waals surface area contributed by atoms with Crippen LogP contribution >= 0.6 is 12.4 Å². The van der Waals surface area contributed by atoms with Gasteiger partial charge in [-0.2, -0.15) is 0 Å². The Bertz CT molecular complexity index is 297. The van der Waals surface area contributed by atoms with E-state index >= 15 is 0 Å². The van der Waals surface area contributed by atoms with Crippen molar-refractivity contribution in [3.63, 3.8) is 0 Å². The van der Waals surface area contributed by atoms with Gasteiger partial charge in [-0.3, -0.25) is 0 Å². The third-order valence-corrected chi connectivity index (χ3v) is 2.81. The summed E-state index contributed by atoms with van der Waals surface area (Å²) in [6.45, 7) is 2.22. The van der Waals surface area contributed by atoms with Gasteiger partial charge < -0.3 is 5.32 Å². The van der Waals surface area contributed by atoms with Crippen molar-refractivity contribution in [2.45, 2.75) is 19.3 Å². The van der Waals surface area contributed by atoms with E-state index in [9.17, 15) is 4.39 Å². The van der Waals surface area contributed by atoms with Gasteiger partial charge in [0, 0.05) is 0 Å². The molecule has 1 aromatic carbocycles. The molecule has 0 radical (unpaired) electrons. The Hall–Kier alpha value is -0.600. The Labute approximate surface area is 96.5 Å². The molecule has 0 bridgehead atoms. The molecule has 1 unspecified atom stereocenters. The Balaban J connectivity index is 0.00000112. The van der Waals surface area contributed by atoms with E-state index in [0.717, 1.165) is 25.1 Å². The molecule has 2 rings (SSSR count). The molecule has 1 atom stereocenters. The molecule has 0 saturated carbocycles. The van der Waals surface area contributed by atoms with Crippen LogP contribution in [0, 0.1) is 11.7 Å². The fourth-order valence-electron chi connectivity index (χ4n) is 2.10. The van der Waals surface area contributed by atoms with Crippen molar-refractivity contribution in [1.82, 2.24) is 5.32 Å². The Kier molecular flexibility index (Phi) is 5.06. The summed E-state index contributed by atoms with van der Waals surface area (Å²) in [5.74, 6) is 0.566. The molecular formula is C12H17ClFN. The standard InChI is InChI=1S/C12H16FN.ClH/c13-12-5-1-3-10(8-12)7-11-4-2-6-14-9-11;/h1,3,5,8,11,14H,2,4,6-7,9H2;1H. The fraction of sp³-hybridized carbons (Fsp3) is 0.500. The average molecular weight is 230 g/mol. The van der Waals surface area contributed by atoms with Gasteiger partial charge in [-0.15, -0.1) is 12.4 Å². The number of nitrogens with one attached hydrogen (secondary N) is 1. The van der Waals surface area contributed by atoms with Crippen molar-refractivity contribution in [2.24, 2.45) is 5.92 Å². The van der Waals surface area contributed by atoms with E-state index in [1.54, 1.807) is 12.1 Å². The molecule has 0 aliphatic carbocycles. The van der Waals surface area contributed by atoms with Crippen LogP contribution in [0.25, 0.3) is 0 Å². The second-order valence-corrected chi connectivity index (χ2v) is 4.05. The predicted molar refractivity (Wildman–Crippen MR) is 62.9 cm³/mol. The lowest BCUT2D eigenvalue weighted by molar-refractivity contribution is 0.375. The number of hydrogen-bond donors (Lipinski definition) is 1. The molecule has 0 spiro atoms. The van der Waals surface area contributed by atoms with E-state index in [4.69, 9.17) is 0 Å². The maximum Gasteiger partial charge on any atom is 0.123 e. The normalized spacial score (nSPS) is 20.7. The lowest BCUT2D eigenvalue weighted by atomic mass is 9.92. The average Bonchev–Trinajstić information content (AvgIpc) is 2.19. The predicted octanol–water partition coefficient (Wildman–Crippen LogP) is 2.79. The van der Waals surface area contributed by atoms with E-state index < -0.39 is 0 Å². The Morgan fingerprint density at radius 3 is 2.93 bits per heavy atom. The summed E-state index contributed by atoms with van der Waals surface area (Å²) >= 11 is 0. The molecule has 1 nitrogen and oxygen atoms in total. The molecule has 1 heterocycles. The Morgan fingerprint density at radius 1 is 1.40 bits per heavy atom. The highest BCUT2D eigenvalue weighted by Gasteiger charge is 2.13. The van der Waals surface area contributed by atoms with Crippen molar-refractivity contribution >= 4 is 12.4 Å². The Morgan fingerprint density at radius 2 is 2.27 bits per heavy atom. The minimum absolute atomic E-state index is 0. The highest BCUT2D eigenvalue weighted by atomic mass is 35.5. The highest BCUT2D eigenvalue weighted by molar-refractivity contribution is 5.85. The molecule has 1 N–H and O–H groups in total. The quantitative estimate of drug-likeness (QED) is 0.823. The van der Waals surface area contributed by atoms with Gasteiger partial charge in [0.15, 0.2) is 0 Å². The van der Waals surface area contributed by atoms with Crippen molar-refractivity contribution in [3.8, 4) is 0 Å². The molecule has 1 saturated heterocycles. The topological polar surface area (TPSA) is 12.0 Å². The van der Waals surface area contributed by atoms with Crippen molar-refractivity contribution in [1.29, 1.82) is 0 Å². The van der Waals surface area contributed by atoms with Crippen LogP contribution in [0.3, 0.4) is 0 Å². The summed E-state index contributed by atoms with van der Waals surface area (Å²) in [6.07, 6.45) is 3.52. The number of halogens is 2. The monoisotopic (exact) mass is 229 g/mol. The van der Waals surface area contributed by atoms with Gasteiger partial charge in [0.1, 0.15) is 5.82 Å². The molecule has 0 aromatic heterocycles. The van der Waals surface area contributed by atoms with E-state index in [0.29, 0.717) is 5.92 Å². The van der Waals surface area contributed by atoms with Gasteiger partial charge in [-0.05, 0) is 56.0 Å². The lowest BCUT2D eigenvalue weighted by Gasteiger charge is -2.22. The van der Waals surface area contributed by atoms with Crippen LogP contribution in [-0.2, 0) is 6.42 Å². The third-order valence-electron chi connectivity index (χ3n) is 2.81. The summed E-state index contributed by atoms with van der Waals surface area (Å²) in [5.41, 5.74) is 1.12. The summed E-state index contributed by atoms with van der Waals surface area (Å²) in [6, 6.07) is 6.95. The molecule has 1 fully saturated rings. The molecule has 0 amide bonds. The van der Waals surface area contributed by atoms with Gasteiger partial charge in [0.05, 0.1) is 0 Å². The minimum Gasteiger partial charge on any atom is -0.316 e. The van der Waals surface area contributed by atoms with Crippen LogP contribution in [0.4, 0.5) is 4.39 Å². The lowest BCUT2D eigenvalue weighted by Crippen LogP contribution is -2.30. The van der Waals surface area contributed by atoms with Crippen molar-refractivity contribution < 1.29 is 4.39 Å². The number of benzene rings is 1. The van der Waals surface area contributed by atoms with E-state index in [2.05, 4.69) is 5.32 Å². The first-order valence-electron chi connectivity index (χ1n) is 5.30. The van der Waals surface area contributed by atoms with E-state index in [-0.39, 0.29) is 18.2 Å². The molecule has 15 heavy (non-hydrogen) atoms. The maximum absolute atomic E-state index is 12.9. The SMILES string of the molecule is Cl.Fc1cccc(CC2CCCNC2)c1. The fourth-order valence-corrected chi connectivity index (χ4v) is 2.10. The van der Waals surface area contributed by atoms with Gasteiger partial charge in [0.2, 0.25) is 0 Å². The van der Waals surface area contributed by atoms with Crippen LogP contribution in [-0.4, -0.2) is 13.1 Å². The molecule has 1 aliphatic heterocycles. The molecule has 1 aliphatic rings. The van der Waals surface area contributed by atoms with E-state index in [1.807, 2.05) is 6.07 Å². The van der Waals surface area contributed by atoms with Crippen LogP contribution < -0.4 is 5.32 Å². The van der Waals surface area contributed by atoms with Crippen LogP contribution in [0.1, 0.15) is 18.4 Å². The third kappa shape index (κ3) is 3.80. The molecule has 1 aromatic rings. The first-order chi connectivity index (χ1) is 6.84. The van der Waals surface area contributed by atoms with Gasteiger partial charge in [0.25, 0.3) is 0 Å². The van der Waals surface area contributed by atoms with Gasteiger partial charge in [-0.1, -0.05) is 12.1 Å². The summed E-state index contributed by atoms with van der Waals surface area (Å²) in [5, 5.41) is 3.38. The maximum atomic E-state index is 12.9. The van der Waals surface area contributed by atoms with Crippen molar-refractivity contribution in [2.75, 3.05) is 13.1 Å². The van der Waals surface area contributed by atoms with Gasteiger partial charge in [-0.25, -0.2) is 4.39 Å². The summed E-state index contributed by atoms with van der Waals surface area (Å²) in [4.78, 5) is 0. The van der Waals surface area contributed by atoms with Crippen molar-refractivity contribution in [3.05, 3.63) is 35.6 Å². The molecule has 3 heteroatoms. The van der Waals surface area contributed by atoms with Gasteiger partial charge >= 0.3 is 0 Å². The largest absolute Gasteiger partial charge is 0.316 e. The zero-order valence-corrected chi connectivity index (χ0v) is 9.52. The zero-order valence-electron chi connectivity index (χ0n) is 8.71. The molecule has 84 valence electrons. The first kappa shape index (κ1) is 12.5. The first-order valence-corrected chi connectivity index (χ1v) is 5.30. The highest BCUT2D eigenvalue weighted by Crippen LogP contribution is 2.16. The van der Waals surface area contributed by atoms with E-state index in [1.165, 1.54) is 18.9 Å². The van der Waals surface area contributed by atoms with Crippen LogP contribution in [0.5, 0.6) is 0 Å². The number of hydrogen-bond acceptors (Lipinski definition) is 1.